The van der Waals surface area contributed by atoms with Crippen LogP contribution >= 0.6 is 12.4 Å². The number of aromatic nitrogens is 6. The van der Waals surface area contributed by atoms with Crippen molar-refractivity contribution >= 4 is 77.2 Å². The van der Waals surface area contributed by atoms with Crippen molar-refractivity contribution in [2.75, 3.05) is 22.9 Å². The molecular formula is C62H57ClF10N10O8S2. The number of hydrogen-bond donors (Lipinski definition) is 0. The summed E-state index contributed by atoms with van der Waals surface area (Å²) in [6, 6.07) is 13.3. The minimum Gasteiger partial charge on any atom is -0.305 e. The number of aryl methyl sites for hydroxylation is 2. The van der Waals surface area contributed by atoms with Crippen molar-refractivity contribution in [3.63, 3.8) is 0 Å². The number of halogens is 11. The predicted molar refractivity (Wildman–Crippen MR) is 321 cm³/mol. The topological polar surface area (TPSA) is 211 Å². The zero-order valence-corrected chi connectivity index (χ0v) is 51.9. The lowest BCUT2D eigenvalue weighted by Gasteiger charge is -2.41. The number of amides is 2. The van der Waals surface area contributed by atoms with E-state index in [2.05, 4.69) is 20.2 Å². The van der Waals surface area contributed by atoms with Crippen molar-refractivity contribution in [3.05, 3.63) is 187 Å². The summed E-state index contributed by atoms with van der Waals surface area (Å²) in [5, 5.41) is 9.41. The minimum absolute atomic E-state index is 0. The van der Waals surface area contributed by atoms with E-state index in [1.165, 1.54) is 85.5 Å². The Hall–Kier alpha value is -8.19. The van der Waals surface area contributed by atoms with Crippen LogP contribution in [-0.4, -0.2) is 92.0 Å². The summed E-state index contributed by atoms with van der Waals surface area (Å²) >= 11 is 0. The fourth-order valence-corrected chi connectivity index (χ4v) is 15.6. The van der Waals surface area contributed by atoms with Crippen molar-refractivity contribution in [1.82, 2.24) is 38.1 Å². The fourth-order valence-electron chi connectivity index (χ4n) is 12.1. The highest BCUT2D eigenvalue weighted by atomic mass is 35.5. The second-order valence-corrected chi connectivity index (χ2v) is 26.7. The van der Waals surface area contributed by atoms with Gasteiger partial charge in [-0.15, -0.1) is 12.4 Å². The molecule has 2 saturated heterocycles. The number of hydrogen-bond acceptors (Lipinski definition) is 12. The number of sulfonamides is 2. The van der Waals surface area contributed by atoms with Crippen molar-refractivity contribution in [2.24, 2.45) is 14.1 Å². The van der Waals surface area contributed by atoms with Gasteiger partial charge in [0, 0.05) is 61.7 Å². The summed E-state index contributed by atoms with van der Waals surface area (Å²) in [5.41, 5.74) is 2.73. The van der Waals surface area contributed by atoms with E-state index >= 15 is 0 Å². The Kier molecular flexibility index (Phi) is 19.7. The zero-order chi connectivity index (χ0) is 65.8. The maximum Gasteiger partial charge on any atom is 0.274 e. The molecule has 12 rings (SSSR count). The van der Waals surface area contributed by atoms with Crippen LogP contribution < -0.4 is 20.9 Å². The highest BCUT2D eigenvalue weighted by molar-refractivity contribution is 7.89. The molecular weight excluding hydrogens is 1300 g/mol. The lowest BCUT2D eigenvalue weighted by Crippen LogP contribution is -2.59. The Labute approximate surface area is 531 Å². The van der Waals surface area contributed by atoms with Crippen molar-refractivity contribution < 1.29 is 70.3 Å². The van der Waals surface area contributed by atoms with E-state index in [9.17, 15) is 79.9 Å². The third-order valence-corrected chi connectivity index (χ3v) is 21.3. The molecule has 0 N–H and O–H groups in total. The van der Waals surface area contributed by atoms with Gasteiger partial charge >= 0.3 is 0 Å². The Morgan fingerprint density at radius 1 is 0.462 bits per heavy atom. The monoisotopic (exact) mass is 1360 g/mol. The minimum atomic E-state index is -5.35. The first kappa shape index (κ1) is 67.7. The van der Waals surface area contributed by atoms with Gasteiger partial charge in [-0.3, -0.25) is 29.1 Å². The average molecular weight is 1360 g/mol. The van der Waals surface area contributed by atoms with Crippen LogP contribution in [0, 0.1) is 58.2 Å². The Bertz CT molecular complexity index is 4270. The van der Waals surface area contributed by atoms with E-state index in [-0.39, 0.29) is 60.8 Å². The van der Waals surface area contributed by atoms with E-state index in [0.29, 0.717) is 53.4 Å². The van der Waals surface area contributed by atoms with Gasteiger partial charge in [-0.1, -0.05) is 50.7 Å². The van der Waals surface area contributed by atoms with Gasteiger partial charge in [-0.25, -0.2) is 70.1 Å². The van der Waals surface area contributed by atoms with Gasteiger partial charge in [-0.05, 0) is 110 Å². The first-order chi connectivity index (χ1) is 43.8. The molecule has 6 heterocycles. The van der Waals surface area contributed by atoms with Gasteiger partial charge in [-0.2, -0.15) is 18.8 Å². The number of pyridine rings is 2. The molecule has 4 aromatic carbocycles. The Morgan fingerprint density at radius 3 is 1.10 bits per heavy atom. The first-order valence-corrected chi connectivity index (χ1v) is 32.2. The molecule has 18 nitrogen and oxygen atoms in total. The van der Waals surface area contributed by atoms with Crippen LogP contribution in [0.4, 0.5) is 55.3 Å². The lowest BCUT2D eigenvalue weighted by atomic mass is 9.85. The Balaban J connectivity index is 0.000000201. The summed E-state index contributed by atoms with van der Waals surface area (Å²) in [6.45, 7) is -1.11. The number of benzene rings is 4. The van der Waals surface area contributed by atoms with Crippen LogP contribution in [0.15, 0.2) is 105 Å². The smallest absolute Gasteiger partial charge is 0.274 e. The quantitative estimate of drug-likeness (QED) is 0.0565. The summed E-state index contributed by atoms with van der Waals surface area (Å²) in [5.74, 6) is -25.6. The van der Waals surface area contributed by atoms with E-state index in [0.717, 1.165) is 71.9 Å². The summed E-state index contributed by atoms with van der Waals surface area (Å²) in [4.78, 5) is 60.7. The maximum atomic E-state index is 14.6. The highest BCUT2D eigenvalue weighted by Gasteiger charge is 2.50. The number of nitrogens with zero attached hydrogens (tertiary/aromatic N) is 10. The molecule has 31 heteroatoms. The van der Waals surface area contributed by atoms with Crippen LogP contribution in [-0.2, 0) is 56.8 Å². The molecule has 2 aliphatic carbocycles. The Morgan fingerprint density at radius 2 is 0.796 bits per heavy atom. The van der Waals surface area contributed by atoms with E-state index in [1.54, 1.807) is 24.5 Å². The third-order valence-electron chi connectivity index (χ3n) is 17.5. The molecule has 2 amide bonds. The molecule has 492 valence electrons. The van der Waals surface area contributed by atoms with Crippen LogP contribution in [0.3, 0.4) is 0 Å². The number of fused-ring (bicyclic) bond motifs is 2. The van der Waals surface area contributed by atoms with E-state index in [4.69, 9.17) is 0 Å². The molecule has 2 saturated carbocycles. The standard InChI is InChI=1S/2C31H28F5N5O4S.ClH/c2*1-39-30(42)22-10-9-21(13-19(22)15-38-39)40(16-20-8-7-18(14-37-20)17-5-3-2-4-6-17)31(43)23-11-12-41(23)46(44,45)29-27(35)25(33)24(32)26(34)28(29)36;/h2*7-10,13-15,17,23H,2-6,11-12,16H2,1H3;1H/t2*23-;/m11./s1. The molecule has 2 aliphatic heterocycles. The highest BCUT2D eigenvalue weighted by Crippen LogP contribution is 2.39. The fraction of sp³-hybridized carbons (Fsp3) is 0.355. The third kappa shape index (κ3) is 12.7. The largest absolute Gasteiger partial charge is 0.305 e. The number of anilines is 2. The molecule has 0 radical (unpaired) electrons. The summed E-state index contributed by atoms with van der Waals surface area (Å²) in [6.07, 6.45) is 17.2. The molecule has 4 aliphatic rings. The number of carbonyl (C=O) groups is 2. The first-order valence-electron chi connectivity index (χ1n) is 29.3. The predicted octanol–water partition coefficient (Wildman–Crippen LogP) is 10.6. The number of carbonyl (C=O) groups excluding carboxylic acids is 2. The molecule has 0 spiro atoms. The lowest BCUT2D eigenvalue weighted by molar-refractivity contribution is -0.125. The molecule has 93 heavy (non-hydrogen) atoms. The van der Waals surface area contributed by atoms with Crippen LogP contribution in [0.25, 0.3) is 21.5 Å². The summed E-state index contributed by atoms with van der Waals surface area (Å²) in [7, 11) is -7.75. The van der Waals surface area contributed by atoms with Crippen molar-refractivity contribution in [1.29, 1.82) is 0 Å². The molecule has 4 aromatic heterocycles. The zero-order valence-electron chi connectivity index (χ0n) is 49.4. The average Bonchev–Trinajstić information content (AvgIpc) is 0.780. The number of rotatable bonds is 14. The van der Waals surface area contributed by atoms with Crippen LogP contribution in [0.2, 0.25) is 0 Å². The van der Waals surface area contributed by atoms with Gasteiger partial charge in [0.15, 0.2) is 56.3 Å². The van der Waals surface area contributed by atoms with Gasteiger partial charge < -0.3 is 9.80 Å². The van der Waals surface area contributed by atoms with Gasteiger partial charge in [0.25, 0.3) is 11.1 Å². The summed E-state index contributed by atoms with van der Waals surface area (Å²) < 4.78 is 198. The van der Waals surface area contributed by atoms with Crippen LogP contribution in [0.5, 0.6) is 0 Å². The van der Waals surface area contributed by atoms with Crippen molar-refractivity contribution in [3.8, 4) is 0 Å². The normalized spacial score (nSPS) is 17.5. The van der Waals surface area contributed by atoms with Gasteiger partial charge in [0.2, 0.25) is 43.5 Å². The molecule has 0 bridgehead atoms. The van der Waals surface area contributed by atoms with Gasteiger partial charge in [0.05, 0.1) is 47.6 Å². The van der Waals surface area contributed by atoms with E-state index < -0.39 is 125 Å². The van der Waals surface area contributed by atoms with Crippen LogP contribution in [0.1, 0.15) is 111 Å². The molecule has 4 fully saturated rings. The molecule has 0 unspecified atom stereocenters. The second kappa shape index (κ2) is 27.0. The van der Waals surface area contributed by atoms with Crippen molar-refractivity contribution in [2.45, 2.75) is 124 Å². The molecule has 2 atom stereocenters. The van der Waals surface area contributed by atoms with E-state index in [1.807, 2.05) is 12.1 Å². The molecule has 8 aromatic rings. The maximum absolute atomic E-state index is 14.6. The SMILES string of the molecule is Cl.Cn1ncc2cc(N(Cc3ccc(C4CCCCC4)cn3)C(=O)[C@H]3CCN3S(=O)(=O)c3c(F)c(F)c(F)c(F)c3F)ccc2c1=O.Cn1ncc2cc(N(Cc3ccc(C4CCCCC4)cn3)C(=O)[C@H]3CCN3S(=O)(=O)c3c(F)c(F)c(F)c(F)c3F)ccc2c1=O. The van der Waals surface area contributed by atoms with Gasteiger partial charge in [0.1, 0.15) is 12.1 Å². The second-order valence-electron chi connectivity index (χ2n) is 23.0.